The van der Waals surface area contributed by atoms with Crippen LogP contribution in [0, 0.1) is 5.92 Å². The highest BCUT2D eigenvalue weighted by molar-refractivity contribution is 7.80. The zero-order valence-electron chi connectivity index (χ0n) is 12.6. The van der Waals surface area contributed by atoms with Crippen LogP contribution in [-0.4, -0.2) is 29.2 Å². The van der Waals surface area contributed by atoms with Gasteiger partial charge in [0.2, 0.25) is 5.91 Å². The Morgan fingerprint density at radius 3 is 2.91 bits per heavy atom. The molecule has 1 amide bonds. The van der Waals surface area contributed by atoms with Crippen LogP contribution in [0.3, 0.4) is 0 Å². The number of nitrogens with zero attached hydrogens (tertiary/aromatic N) is 1. The molecule has 2 heterocycles. The molecule has 0 saturated carbocycles. The van der Waals surface area contributed by atoms with Crippen molar-refractivity contribution in [3.63, 3.8) is 0 Å². The Morgan fingerprint density at radius 2 is 2.14 bits per heavy atom. The number of amides is 1. The number of para-hydroxylation sites is 1. The zero-order valence-corrected chi connectivity index (χ0v) is 13.4. The lowest BCUT2D eigenvalue weighted by Crippen LogP contribution is -2.38. The first-order chi connectivity index (χ1) is 10.6. The molecule has 2 aromatic rings. The normalized spacial score (nSPS) is 18.5. The summed E-state index contributed by atoms with van der Waals surface area (Å²) in [6.45, 7) is 0.600. The maximum absolute atomic E-state index is 11.9. The fourth-order valence-corrected chi connectivity index (χ4v) is 3.33. The van der Waals surface area contributed by atoms with Gasteiger partial charge in [0.1, 0.15) is 0 Å². The summed E-state index contributed by atoms with van der Waals surface area (Å²) < 4.78 is 7.27. The van der Waals surface area contributed by atoms with Crippen molar-refractivity contribution in [3.05, 3.63) is 42.1 Å². The molecule has 3 rings (SSSR count). The van der Waals surface area contributed by atoms with Gasteiger partial charge in [0.15, 0.2) is 0 Å². The van der Waals surface area contributed by atoms with Gasteiger partial charge in [0.05, 0.1) is 4.99 Å². The van der Waals surface area contributed by atoms with Crippen molar-refractivity contribution in [2.75, 3.05) is 13.7 Å². The summed E-state index contributed by atoms with van der Waals surface area (Å²) >= 11 is 5.39. The summed E-state index contributed by atoms with van der Waals surface area (Å²) in [4.78, 5) is 12.5. The van der Waals surface area contributed by atoms with Gasteiger partial charge in [-0.3, -0.25) is 4.79 Å². The van der Waals surface area contributed by atoms with E-state index in [1.165, 1.54) is 0 Å². The Kier molecular flexibility index (Phi) is 4.09. The van der Waals surface area contributed by atoms with Crippen molar-refractivity contribution >= 4 is 39.6 Å². The summed E-state index contributed by atoms with van der Waals surface area (Å²) in [6.07, 6.45) is 4.49. The summed E-state index contributed by atoms with van der Waals surface area (Å²) in [6, 6.07) is 8.18. The number of fused-ring (bicyclic) bond motifs is 1. The number of benzene rings is 1. The van der Waals surface area contributed by atoms with Gasteiger partial charge in [0.25, 0.3) is 0 Å². The van der Waals surface area contributed by atoms with Gasteiger partial charge in [-0.25, -0.2) is 0 Å². The first kappa shape index (κ1) is 14.9. The lowest BCUT2D eigenvalue weighted by atomic mass is 9.87. The van der Waals surface area contributed by atoms with Gasteiger partial charge >= 0.3 is 0 Å². The number of carbonyl (C=O) groups excluding carboxylic acids is 1. The van der Waals surface area contributed by atoms with E-state index in [4.69, 9.17) is 17.0 Å². The van der Waals surface area contributed by atoms with E-state index in [-0.39, 0.29) is 11.8 Å². The predicted octanol–water partition coefficient (Wildman–Crippen LogP) is 2.67. The fourth-order valence-electron chi connectivity index (χ4n) is 2.99. The number of carbonyl (C=O) groups is 1. The van der Waals surface area contributed by atoms with Gasteiger partial charge in [-0.2, -0.15) is 0 Å². The number of hydrogen-bond acceptors (Lipinski definition) is 3. The summed E-state index contributed by atoms with van der Waals surface area (Å²) in [5.41, 5.74) is 3.18. The average Bonchev–Trinajstić information content (AvgIpc) is 2.83. The Balaban J connectivity index is 2.12. The lowest BCUT2D eigenvalue weighted by molar-refractivity contribution is -0.115. The minimum Gasteiger partial charge on any atom is -0.385 e. The van der Waals surface area contributed by atoms with E-state index in [1.54, 1.807) is 13.2 Å². The molecule has 0 fully saturated rings. The first-order valence-corrected chi connectivity index (χ1v) is 7.62. The molecule has 1 aliphatic rings. The van der Waals surface area contributed by atoms with Crippen LogP contribution in [0.25, 0.3) is 16.5 Å². The van der Waals surface area contributed by atoms with Crippen molar-refractivity contribution < 1.29 is 9.53 Å². The largest absolute Gasteiger partial charge is 0.385 e. The summed E-state index contributed by atoms with van der Waals surface area (Å²) in [7, 11) is 3.68. The molecule has 22 heavy (non-hydrogen) atoms. The van der Waals surface area contributed by atoms with Crippen LogP contribution < -0.4 is 5.32 Å². The molecular weight excluding hydrogens is 296 g/mol. The number of aryl methyl sites for hydroxylation is 1. The quantitative estimate of drug-likeness (QED) is 0.882. The number of aromatic nitrogens is 1. The standard InChI is InChI=1S/C17H18N2O2S/c1-19-10-14(11-5-3-4-6-15(11)19)13-9-16(20)18-17(22)12(13)7-8-21-2/h3-6,9-10,12H,7-8H2,1-2H3,(H,18,20,22). The first-order valence-electron chi connectivity index (χ1n) is 7.21. The molecule has 1 unspecified atom stereocenters. The summed E-state index contributed by atoms with van der Waals surface area (Å²) in [5.74, 6) is -0.153. The third kappa shape index (κ3) is 2.58. The molecule has 5 heteroatoms. The third-order valence-electron chi connectivity index (χ3n) is 4.04. The molecule has 4 nitrogen and oxygen atoms in total. The smallest absolute Gasteiger partial charge is 0.249 e. The van der Waals surface area contributed by atoms with Crippen LogP contribution in [-0.2, 0) is 16.6 Å². The van der Waals surface area contributed by atoms with Crippen LogP contribution in [0.4, 0.5) is 0 Å². The molecule has 0 saturated heterocycles. The SMILES string of the molecule is COCCC1C(=S)NC(=O)C=C1c1cn(C)c2ccccc12. The van der Waals surface area contributed by atoms with Gasteiger partial charge < -0.3 is 14.6 Å². The number of methoxy groups -OCH3 is 1. The van der Waals surface area contributed by atoms with Crippen LogP contribution in [0.1, 0.15) is 12.0 Å². The van der Waals surface area contributed by atoms with Crippen LogP contribution >= 0.6 is 12.2 Å². The van der Waals surface area contributed by atoms with E-state index in [1.807, 2.05) is 19.2 Å². The molecule has 0 aliphatic carbocycles. The summed E-state index contributed by atoms with van der Waals surface area (Å²) in [5, 5.41) is 3.88. The van der Waals surface area contributed by atoms with Crippen molar-refractivity contribution in [3.8, 4) is 0 Å². The van der Waals surface area contributed by atoms with Gasteiger partial charge in [0, 0.05) is 55.4 Å². The monoisotopic (exact) mass is 314 g/mol. The second kappa shape index (κ2) is 6.02. The minimum atomic E-state index is -0.151. The Labute approximate surface area is 134 Å². The Hall–Kier alpha value is -1.98. The molecule has 1 N–H and O–H groups in total. The Morgan fingerprint density at radius 1 is 1.36 bits per heavy atom. The highest BCUT2D eigenvalue weighted by Gasteiger charge is 2.28. The number of ether oxygens (including phenoxy) is 1. The van der Waals surface area contributed by atoms with E-state index in [0.29, 0.717) is 11.6 Å². The number of thiocarbonyl (C=S) groups is 1. The molecule has 1 aromatic heterocycles. The molecule has 0 bridgehead atoms. The number of nitrogens with one attached hydrogen (secondary N) is 1. The highest BCUT2D eigenvalue weighted by Crippen LogP contribution is 2.34. The maximum Gasteiger partial charge on any atom is 0.249 e. The van der Waals surface area contributed by atoms with Crippen LogP contribution in [0.15, 0.2) is 36.5 Å². The molecular formula is C17H18N2O2S. The lowest BCUT2D eigenvalue weighted by Gasteiger charge is -2.25. The van der Waals surface area contributed by atoms with Crippen LogP contribution in [0.2, 0.25) is 0 Å². The fraction of sp³-hybridized carbons (Fsp3) is 0.294. The van der Waals surface area contributed by atoms with E-state index >= 15 is 0 Å². The van der Waals surface area contributed by atoms with Crippen molar-refractivity contribution in [1.82, 2.24) is 9.88 Å². The average molecular weight is 314 g/mol. The molecule has 114 valence electrons. The van der Waals surface area contributed by atoms with Gasteiger partial charge in [-0.05, 0) is 18.1 Å². The predicted molar refractivity (Wildman–Crippen MR) is 91.6 cm³/mol. The van der Waals surface area contributed by atoms with E-state index in [0.717, 1.165) is 28.5 Å². The van der Waals surface area contributed by atoms with Crippen molar-refractivity contribution in [1.29, 1.82) is 0 Å². The molecule has 1 atom stereocenters. The van der Waals surface area contributed by atoms with Crippen LogP contribution in [0.5, 0.6) is 0 Å². The van der Waals surface area contributed by atoms with E-state index < -0.39 is 0 Å². The van der Waals surface area contributed by atoms with E-state index in [2.05, 4.69) is 28.2 Å². The van der Waals surface area contributed by atoms with Crippen molar-refractivity contribution in [2.45, 2.75) is 6.42 Å². The second-order valence-electron chi connectivity index (χ2n) is 5.46. The molecule has 1 aromatic carbocycles. The number of hydrogen-bond donors (Lipinski definition) is 1. The number of rotatable bonds is 4. The molecule has 0 spiro atoms. The Bertz CT molecular complexity index is 776. The molecule has 0 radical (unpaired) electrons. The molecule has 1 aliphatic heterocycles. The third-order valence-corrected chi connectivity index (χ3v) is 4.43. The van der Waals surface area contributed by atoms with Gasteiger partial charge in [-0.1, -0.05) is 30.4 Å². The van der Waals surface area contributed by atoms with Gasteiger partial charge in [-0.15, -0.1) is 0 Å². The minimum absolute atomic E-state index is 0.00143. The topological polar surface area (TPSA) is 43.3 Å². The van der Waals surface area contributed by atoms with E-state index in [9.17, 15) is 4.79 Å². The van der Waals surface area contributed by atoms with Crippen molar-refractivity contribution in [2.24, 2.45) is 13.0 Å². The zero-order chi connectivity index (χ0) is 15.7. The maximum atomic E-state index is 11.9. The second-order valence-corrected chi connectivity index (χ2v) is 5.90. The highest BCUT2D eigenvalue weighted by atomic mass is 32.1.